The summed E-state index contributed by atoms with van der Waals surface area (Å²) in [5.41, 5.74) is 6.04. The molecule has 3 aromatic carbocycles. The second-order valence-electron chi connectivity index (χ2n) is 9.71. The highest BCUT2D eigenvalue weighted by Crippen LogP contribution is 2.45. The van der Waals surface area contributed by atoms with Gasteiger partial charge in [0.2, 0.25) is 0 Å². The van der Waals surface area contributed by atoms with Crippen molar-refractivity contribution in [1.82, 2.24) is 15.2 Å². The lowest BCUT2D eigenvalue weighted by Crippen LogP contribution is -2.44. The van der Waals surface area contributed by atoms with Crippen molar-refractivity contribution in [3.8, 4) is 0 Å². The van der Waals surface area contributed by atoms with E-state index in [0.29, 0.717) is 24.2 Å². The van der Waals surface area contributed by atoms with E-state index in [1.54, 1.807) is 29.2 Å². The zero-order valence-corrected chi connectivity index (χ0v) is 20.8. The van der Waals surface area contributed by atoms with Gasteiger partial charge in [-0.25, -0.2) is 9.69 Å². The first-order valence-corrected chi connectivity index (χ1v) is 12.7. The first kappa shape index (κ1) is 23.0. The topological polar surface area (TPSA) is 85.5 Å². The van der Waals surface area contributed by atoms with Gasteiger partial charge in [-0.2, -0.15) is 0 Å². The number of amides is 4. The van der Waals surface area contributed by atoms with Crippen LogP contribution in [0, 0.1) is 6.92 Å². The molecule has 1 saturated heterocycles. The third-order valence-corrected chi connectivity index (χ3v) is 7.46. The number of aromatic nitrogens is 1. The maximum atomic E-state index is 14.0. The number of fused-ring (bicyclic) bond motifs is 4. The SMILES string of the molecule is CCCNC(=O)c1ccc(N2C(=O)C3Cc4c([nH]c5ccccc45)C(c4ccccc4C)N3C2=O)cc1. The number of carbonyl (C=O) groups excluding carboxylic acids is 3. The van der Waals surface area contributed by atoms with Crippen molar-refractivity contribution in [2.45, 2.75) is 38.8 Å². The van der Waals surface area contributed by atoms with Gasteiger partial charge < -0.3 is 10.3 Å². The molecule has 0 saturated carbocycles. The van der Waals surface area contributed by atoms with Crippen LogP contribution < -0.4 is 10.2 Å². The number of nitrogens with zero attached hydrogens (tertiary/aromatic N) is 2. The van der Waals surface area contributed by atoms with Crippen LogP contribution in [0.2, 0.25) is 0 Å². The third-order valence-electron chi connectivity index (χ3n) is 7.46. The van der Waals surface area contributed by atoms with Crippen LogP contribution in [0.5, 0.6) is 0 Å². The van der Waals surface area contributed by atoms with Gasteiger partial charge in [0.05, 0.1) is 5.69 Å². The molecule has 2 N–H and O–H groups in total. The summed E-state index contributed by atoms with van der Waals surface area (Å²) >= 11 is 0. The second kappa shape index (κ2) is 8.92. The van der Waals surface area contributed by atoms with Gasteiger partial charge in [0.1, 0.15) is 12.1 Å². The third kappa shape index (κ3) is 3.61. The van der Waals surface area contributed by atoms with Gasteiger partial charge in [0, 0.05) is 35.1 Å². The Kier molecular flexibility index (Phi) is 5.56. The van der Waals surface area contributed by atoms with Gasteiger partial charge >= 0.3 is 6.03 Å². The molecule has 0 aliphatic carbocycles. The molecule has 6 rings (SSSR count). The maximum absolute atomic E-state index is 14.0. The lowest BCUT2D eigenvalue weighted by Gasteiger charge is -2.36. The van der Waals surface area contributed by atoms with Crippen LogP contribution in [0.25, 0.3) is 10.9 Å². The molecule has 7 heteroatoms. The Morgan fingerprint density at radius 3 is 2.49 bits per heavy atom. The molecule has 0 radical (unpaired) electrons. The van der Waals surface area contributed by atoms with Crippen LogP contribution in [0.15, 0.2) is 72.8 Å². The number of benzene rings is 3. The number of hydrogen-bond acceptors (Lipinski definition) is 3. The molecule has 7 nitrogen and oxygen atoms in total. The number of aryl methyl sites for hydroxylation is 1. The van der Waals surface area contributed by atoms with E-state index in [9.17, 15) is 14.4 Å². The van der Waals surface area contributed by atoms with E-state index in [0.717, 1.165) is 39.7 Å². The molecule has 1 aromatic heterocycles. The summed E-state index contributed by atoms with van der Waals surface area (Å²) in [5, 5.41) is 3.93. The van der Waals surface area contributed by atoms with Crippen molar-refractivity contribution >= 4 is 34.4 Å². The van der Waals surface area contributed by atoms with E-state index < -0.39 is 12.1 Å². The monoisotopic (exact) mass is 492 g/mol. The molecule has 2 atom stereocenters. The molecule has 4 amide bonds. The number of nitrogens with one attached hydrogen (secondary N) is 2. The predicted octanol–water partition coefficient (Wildman–Crippen LogP) is 5.10. The zero-order valence-electron chi connectivity index (χ0n) is 20.8. The summed E-state index contributed by atoms with van der Waals surface area (Å²) in [5.74, 6) is -0.419. The standard InChI is InChI=1S/C30H28N4O3/c1-3-16-31-28(35)19-12-14-20(15-13-19)33-29(36)25-17-23-22-10-6-7-11-24(22)32-26(23)27(34(25)30(33)37)21-9-5-4-8-18(21)2/h4-15,25,27,32H,3,16-17H2,1-2H3,(H,31,35). The van der Waals surface area contributed by atoms with E-state index in [2.05, 4.69) is 16.4 Å². The lowest BCUT2D eigenvalue weighted by atomic mass is 9.87. The first-order valence-electron chi connectivity index (χ1n) is 12.7. The van der Waals surface area contributed by atoms with Crippen LogP contribution in [0.1, 0.15) is 52.1 Å². The highest BCUT2D eigenvalue weighted by molar-refractivity contribution is 6.22. The first-order chi connectivity index (χ1) is 18.0. The molecule has 3 heterocycles. The fourth-order valence-electron chi connectivity index (χ4n) is 5.63. The number of H-pyrrole nitrogens is 1. The van der Waals surface area contributed by atoms with Crippen molar-refractivity contribution in [3.05, 3.63) is 101 Å². The Hall–Kier alpha value is -4.39. The summed E-state index contributed by atoms with van der Waals surface area (Å²) in [7, 11) is 0. The normalized spacial score (nSPS) is 18.8. The van der Waals surface area contributed by atoms with Gasteiger partial charge in [-0.3, -0.25) is 14.5 Å². The molecule has 0 bridgehead atoms. The molecular weight excluding hydrogens is 464 g/mol. The molecule has 1 fully saturated rings. The minimum atomic E-state index is -0.614. The number of aromatic amines is 1. The quantitative estimate of drug-likeness (QED) is 0.380. The van der Waals surface area contributed by atoms with Gasteiger partial charge in [0.25, 0.3) is 11.8 Å². The fourth-order valence-corrected chi connectivity index (χ4v) is 5.63. The Balaban J connectivity index is 1.42. The Morgan fingerprint density at radius 1 is 1.00 bits per heavy atom. The molecule has 2 aliphatic heterocycles. The number of urea groups is 1. The van der Waals surface area contributed by atoms with Crippen LogP contribution >= 0.6 is 0 Å². The Labute approximate surface area is 215 Å². The number of carbonyl (C=O) groups is 3. The van der Waals surface area contributed by atoms with Gasteiger partial charge in [-0.05, 0) is 60.4 Å². The fraction of sp³-hybridized carbons (Fsp3) is 0.233. The highest BCUT2D eigenvalue weighted by Gasteiger charge is 2.53. The molecule has 2 aliphatic rings. The summed E-state index contributed by atoms with van der Waals surface area (Å²) in [6, 6.07) is 21.4. The smallest absolute Gasteiger partial charge is 0.332 e. The van der Waals surface area contributed by atoms with Crippen LogP contribution in [0.4, 0.5) is 10.5 Å². The zero-order chi connectivity index (χ0) is 25.7. The van der Waals surface area contributed by atoms with E-state index in [4.69, 9.17) is 0 Å². The number of para-hydroxylation sites is 1. The average molecular weight is 493 g/mol. The van der Waals surface area contributed by atoms with Crippen molar-refractivity contribution in [2.75, 3.05) is 11.4 Å². The molecule has 0 spiro atoms. The van der Waals surface area contributed by atoms with E-state index in [1.165, 1.54) is 4.90 Å². The van der Waals surface area contributed by atoms with Crippen LogP contribution in [-0.4, -0.2) is 40.3 Å². The Morgan fingerprint density at radius 2 is 1.73 bits per heavy atom. The number of imide groups is 1. The number of hydrogen-bond donors (Lipinski definition) is 2. The second-order valence-corrected chi connectivity index (χ2v) is 9.71. The van der Waals surface area contributed by atoms with E-state index in [1.807, 2.05) is 56.3 Å². The summed E-state index contributed by atoms with van der Waals surface area (Å²) in [6.07, 6.45) is 1.29. The van der Waals surface area contributed by atoms with Gasteiger partial charge in [0.15, 0.2) is 0 Å². The minimum absolute atomic E-state index is 0.171. The summed E-state index contributed by atoms with van der Waals surface area (Å²) in [4.78, 5) is 46.7. The molecule has 2 unspecified atom stereocenters. The largest absolute Gasteiger partial charge is 0.356 e. The molecular formula is C30H28N4O3. The van der Waals surface area contributed by atoms with Gasteiger partial charge in [-0.15, -0.1) is 0 Å². The number of rotatable bonds is 5. The van der Waals surface area contributed by atoms with Crippen molar-refractivity contribution in [1.29, 1.82) is 0 Å². The summed E-state index contributed by atoms with van der Waals surface area (Å²) in [6.45, 7) is 4.62. The summed E-state index contributed by atoms with van der Waals surface area (Å²) < 4.78 is 0. The van der Waals surface area contributed by atoms with Crippen molar-refractivity contribution in [2.24, 2.45) is 0 Å². The van der Waals surface area contributed by atoms with Crippen molar-refractivity contribution in [3.63, 3.8) is 0 Å². The average Bonchev–Trinajstić information content (AvgIpc) is 3.41. The molecule has 186 valence electrons. The predicted molar refractivity (Wildman–Crippen MR) is 143 cm³/mol. The number of anilines is 1. The Bertz CT molecular complexity index is 1540. The van der Waals surface area contributed by atoms with Crippen LogP contribution in [0.3, 0.4) is 0 Å². The van der Waals surface area contributed by atoms with Crippen LogP contribution in [-0.2, 0) is 11.2 Å². The van der Waals surface area contributed by atoms with Gasteiger partial charge in [-0.1, -0.05) is 49.4 Å². The molecule has 4 aromatic rings. The van der Waals surface area contributed by atoms with Crippen molar-refractivity contribution < 1.29 is 14.4 Å². The van der Waals surface area contributed by atoms with E-state index >= 15 is 0 Å². The highest BCUT2D eigenvalue weighted by atomic mass is 16.2. The lowest BCUT2D eigenvalue weighted by molar-refractivity contribution is -0.120. The van der Waals surface area contributed by atoms with E-state index in [-0.39, 0.29) is 17.8 Å². The maximum Gasteiger partial charge on any atom is 0.332 e. The molecule has 37 heavy (non-hydrogen) atoms. The minimum Gasteiger partial charge on any atom is -0.356 e.